The minimum absolute atomic E-state index is 0.0833. The fraction of sp³-hybridized carbons (Fsp3) is 0.875. The van der Waals surface area contributed by atoms with Crippen LogP contribution in [0, 0.1) is 5.92 Å². The molecule has 0 aromatic rings. The Hall–Kier alpha value is -0.530. The van der Waals surface area contributed by atoms with Crippen molar-refractivity contribution in [3.63, 3.8) is 0 Å². The van der Waals surface area contributed by atoms with Crippen LogP contribution in [0.5, 0.6) is 0 Å². The van der Waals surface area contributed by atoms with Gasteiger partial charge in [-0.2, -0.15) is 0 Å². The van der Waals surface area contributed by atoms with Gasteiger partial charge < -0.3 is 4.74 Å². The third-order valence-electron chi connectivity index (χ3n) is 2.30. The van der Waals surface area contributed by atoms with Crippen LogP contribution in [0.1, 0.15) is 32.6 Å². The van der Waals surface area contributed by atoms with Crippen LogP contribution in [0.3, 0.4) is 0 Å². The molecule has 0 spiro atoms. The average molecular weight is 141 g/mol. The molecule has 0 aromatic carbocycles. The van der Waals surface area contributed by atoms with Crippen molar-refractivity contribution in [1.29, 1.82) is 0 Å². The smallest absolute Gasteiger partial charge is 0.417 e. The Balaban J connectivity index is 2.24. The highest BCUT2D eigenvalue weighted by molar-refractivity contribution is 5.38. The third-order valence-corrected chi connectivity index (χ3v) is 2.30. The second-order valence-corrected chi connectivity index (χ2v) is 2.95. The summed E-state index contributed by atoms with van der Waals surface area (Å²) in [6, 6.07) is 0. The molecule has 1 aliphatic rings. The van der Waals surface area contributed by atoms with Gasteiger partial charge in [0, 0.05) is 0 Å². The first-order valence-electron chi connectivity index (χ1n) is 3.87. The zero-order valence-corrected chi connectivity index (χ0v) is 6.30. The maximum atomic E-state index is 9.82. The molecule has 0 amide bonds. The van der Waals surface area contributed by atoms with Crippen LogP contribution in [0.4, 0.5) is 0 Å². The van der Waals surface area contributed by atoms with Gasteiger partial charge in [-0.3, -0.25) is 0 Å². The fourth-order valence-electron chi connectivity index (χ4n) is 1.60. The Labute approximate surface area is 61.6 Å². The van der Waals surface area contributed by atoms with Crippen LogP contribution in [-0.4, -0.2) is 12.6 Å². The molecule has 0 heterocycles. The van der Waals surface area contributed by atoms with Gasteiger partial charge in [-0.05, 0) is 25.7 Å². The topological polar surface area (TPSA) is 26.3 Å². The van der Waals surface area contributed by atoms with Crippen LogP contribution in [0.25, 0.3) is 0 Å². The minimum atomic E-state index is 0.0833. The number of hydrogen-bond acceptors (Lipinski definition) is 2. The van der Waals surface area contributed by atoms with Gasteiger partial charge in [0.1, 0.15) is 6.10 Å². The molecule has 0 saturated heterocycles. The van der Waals surface area contributed by atoms with Gasteiger partial charge in [0.2, 0.25) is 0 Å². The van der Waals surface area contributed by atoms with Gasteiger partial charge in [0.05, 0.1) is 0 Å². The summed E-state index contributed by atoms with van der Waals surface area (Å²) in [6.45, 7) is 3.44. The second-order valence-electron chi connectivity index (χ2n) is 2.95. The SMILES string of the molecule is CC(O[C]=O)C1CCCC1. The van der Waals surface area contributed by atoms with Crippen LogP contribution in [-0.2, 0) is 9.53 Å². The molecule has 2 nitrogen and oxygen atoms in total. The molecule has 0 bridgehead atoms. The lowest BCUT2D eigenvalue weighted by Gasteiger charge is -2.15. The van der Waals surface area contributed by atoms with Crippen molar-refractivity contribution in [3.05, 3.63) is 0 Å². The van der Waals surface area contributed by atoms with Crippen LogP contribution >= 0.6 is 0 Å². The lowest BCUT2D eigenvalue weighted by molar-refractivity contribution is 0.134. The monoisotopic (exact) mass is 141 g/mol. The van der Waals surface area contributed by atoms with E-state index in [0.29, 0.717) is 5.92 Å². The number of carbonyl (C=O) groups excluding carboxylic acids is 1. The van der Waals surface area contributed by atoms with Gasteiger partial charge in [0.25, 0.3) is 0 Å². The van der Waals surface area contributed by atoms with E-state index in [1.54, 1.807) is 0 Å². The van der Waals surface area contributed by atoms with E-state index in [-0.39, 0.29) is 6.10 Å². The molecule has 0 aliphatic heterocycles. The van der Waals surface area contributed by atoms with Crippen molar-refractivity contribution in [2.45, 2.75) is 38.7 Å². The van der Waals surface area contributed by atoms with E-state index in [1.165, 1.54) is 32.2 Å². The van der Waals surface area contributed by atoms with E-state index in [0.717, 1.165) is 0 Å². The molecular formula is C8H13O2. The average Bonchev–Trinajstić information content (AvgIpc) is 2.38. The predicted octanol–water partition coefficient (Wildman–Crippen LogP) is 1.65. The molecule has 1 rings (SSSR count). The molecule has 57 valence electrons. The second kappa shape index (κ2) is 3.59. The standard InChI is InChI=1S/C8H13O2/c1-7(10-6-9)8-4-2-3-5-8/h7-8H,2-5H2,1H3. The first-order valence-corrected chi connectivity index (χ1v) is 3.87. The van der Waals surface area contributed by atoms with Gasteiger partial charge in [-0.25, -0.2) is 4.79 Å². The highest BCUT2D eigenvalue weighted by Crippen LogP contribution is 2.28. The molecule has 1 fully saturated rings. The Morgan fingerprint density at radius 3 is 2.60 bits per heavy atom. The zero-order valence-electron chi connectivity index (χ0n) is 6.30. The number of rotatable bonds is 3. The lowest BCUT2D eigenvalue weighted by Crippen LogP contribution is -2.16. The highest BCUT2D eigenvalue weighted by Gasteiger charge is 2.22. The first-order chi connectivity index (χ1) is 4.84. The molecule has 1 saturated carbocycles. The van der Waals surface area contributed by atoms with Crippen molar-refractivity contribution in [1.82, 2.24) is 0 Å². The molecule has 1 atom stereocenters. The van der Waals surface area contributed by atoms with Gasteiger partial charge in [-0.1, -0.05) is 12.8 Å². The van der Waals surface area contributed by atoms with Crippen LogP contribution in [0.2, 0.25) is 0 Å². The van der Waals surface area contributed by atoms with Gasteiger partial charge >= 0.3 is 6.47 Å². The fourth-order valence-corrected chi connectivity index (χ4v) is 1.60. The Morgan fingerprint density at radius 2 is 2.10 bits per heavy atom. The summed E-state index contributed by atoms with van der Waals surface area (Å²) in [6.07, 6.45) is 5.08. The lowest BCUT2D eigenvalue weighted by atomic mass is 10.0. The summed E-state index contributed by atoms with van der Waals surface area (Å²) < 4.78 is 4.72. The summed E-state index contributed by atoms with van der Waals surface area (Å²) in [5, 5.41) is 0. The number of ether oxygens (including phenoxy) is 1. The molecule has 0 aromatic heterocycles. The minimum Gasteiger partial charge on any atom is -0.454 e. The van der Waals surface area contributed by atoms with E-state index in [9.17, 15) is 4.79 Å². The summed E-state index contributed by atoms with van der Waals surface area (Å²) in [4.78, 5) is 9.82. The quantitative estimate of drug-likeness (QED) is 0.597. The van der Waals surface area contributed by atoms with Gasteiger partial charge in [-0.15, -0.1) is 0 Å². The zero-order chi connectivity index (χ0) is 7.40. The van der Waals surface area contributed by atoms with E-state index >= 15 is 0 Å². The van der Waals surface area contributed by atoms with E-state index in [4.69, 9.17) is 4.74 Å². The highest BCUT2D eigenvalue weighted by atomic mass is 16.5. The Kier molecular flexibility index (Phi) is 2.72. The molecular weight excluding hydrogens is 128 g/mol. The summed E-state index contributed by atoms with van der Waals surface area (Å²) in [5.41, 5.74) is 0. The van der Waals surface area contributed by atoms with Crippen LogP contribution in [0.15, 0.2) is 0 Å². The largest absolute Gasteiger partial charge is 0.454 e. The molecule has 1 aliphatic carbocycles. The predicted molar refractivity (Wildman–Crippen MR) is 38.2 cm³/mol. The maximum absolute atomic E-state index is 9.82. The number of hydrogen-bond donors (Lipinski definition) is 0. The summed E-state index contributed by atoms with van der Waals surface area (Å²) in [7, 11) is 0. The molecule has 1 radical (unpaired) electrons. The van der Waals surface area contributed by atoms with Crippen molar-refractivity contribution in [2.24, 2.45) is 5.92 Å². The molecule has 2 heteroatoms. The van der Waals surface area contributed by atoms with E-state index in [1.807, 2.05) is 6.92 Å². The van der Waals surface area contributed by atoms with E-state index < -0.39 is 0 Å². The van der Waals surface area contributed by atoms with Crippen molar-refractivity contribution in [2.75, 3.05) is 0 Å². The normalized spacial score (nSPS) is 22.5. The summed E-state index contributed by atoms with van der Waals surface area (Å²) in [5.74, 6) is 0.599. The van der Waals surface area contributed by atoms with E-state index in [2.05, 4.69) is 0 Å². The third kappa shape index (κ3) is 1.72. The maximum Gasteiger partial charge on any atom is 0.417 e. The summed E-state index contributed by atoms with van der Waals surface area (Å²) >= 11 is 0. The Morgan fingerprint density at radius 1 is 1.50 bits per heavy atom. The molecule has 1 unspecified atom stereocenters. The first kappa shape index (κ1) is 7.58. The van der Waals surface area contributed by atoms with Crippen LogP contribution < -0.4 is 0 Å². The van der Waals surface area contributed by atoms with Crippen molar-refractivity contribution < 1.29 is 9.53 Å². The molecule has 10 heavy (non-hydrogen) atoms. The Bertz CT molecular complexity index is 106. The molecule has 0 N–H and O–H groups in total. The van der Waals surface area contributed by atoms with Crippen molar-refractivity contribution in [3.8, 4) is 0 Å². The van der Waals surface area contributed by atoms with Gasteiger partial charge in [0.15, 0.2) is 0 Å². The van der Waals surface area contributed by atoms with Crippen molar-refractivity contribution >= 4 is 6.47 Å².